The Morgan fingerprint density at radius 3 is 2.32 bits per heavy atom. The monoisotopic (exact) mass is 326 g/mol. The molecule has 5 rings (SSSR count). The van der Waals surface area contributed by atoms with Gasteiger partial charge in [-0.1, -0.05) is 54.6 Å². The molecule has 0 aliphatic rings. The first kappa shape index (κ1) is 13.9. The minimum absolute atomic E-state index is 0.149. The second-order valence-corrected chi connectivity index (χ2v) is 6.18. The van der Waals surface area contributed by atoms with Crippen LogP contribution in [0.2, 0.25) is 0 Å². The summed E-state index contributed by atoms with van der Waals surface area (Å²) in [6.45, 7) is 0. The topological polar surface area (TPSA) is 53.6 Å². The average molecular weight is 326 g/mol. The number of fused-ring (bicyclic) bond motifs is 4. The van der Waals surface area contributed by atoms with Gasteiger partial charge >= 0.3 is 0 Å². The van der Waals surface area contributed by atoms with Crippen molar-refractivity contribution in [2.45, 2.75) is 0 Å². The fourth-order valence-electron chi connectivity index (χ4n) is 3.45. The van der Waals surface area contributed by atoms with Gasteiger partial charge in [-0.2, -0.15) is 0 Å². The molecular weight excluding hydrogens is 312 g/mol. The lowest BCUT2D eigenvalue weighted by Gasteiger charge is -2.07. The normalized spacial score (nSPS) is 11.5. The van der Waals surface area contributed by atoms with Gasteiger partial charge in [-0.3, -0.25) is 0 Å². The second-order valence-electron chi connectivity index (χ2n) is 6.18. The van der Waals surface area contributed by atoms with Crippen molar-refractivity contribution in [3.8, 4) is 22.8 Å². The highest BCUT2D eigenvalue weighted by atomic mass is 16.3. The molecule has 0 unspecified atom stereocenters. The SMILES string of the molecule is Oc1cc2cc(-c3cccc4c3ccc3ccccc34)oc2cc1O. The number of hydrogen-bond acceptors (Lipinski definition) is 3. The Morgan fingerprint density at radius 2 is 1.40 bits per heavy atom. The quantitative estimate of drug-likeness (QED) is 0.301. The van der Waals surface area contributed by atoms with Crippen molar-refractivity contribution < 1.29 is 14.6 Å². The first-order valence-electron chi connectivity index (χ1n) is 8.07. The molecule has 0 aliphatic heterocycles. The van der Waals surface area contributed by atoms with Gasteiger partial charge in [0.25, 0.3) is 0 Å². The summed E-state index contributed by atoms with van der Waals surface area (Å²) in [5.41, 5.74) is 1.53. The van der Waals surface area contributed by atoms with Crippen LogP contribution in [-0.4, -0.2) is 10.2 Å². The average Bonchev–Trinajstić information content (AvgIpc) is 3.04. The van der Waals surface area contributed by atoms with E-state index in [1.807, 2.05) is 30.3 Å². The zero-order valence-electron chi connectivity index (χ0n) is 13.2. The predicted octanol–water partition coefficient (Wildman–Crippen LogP) is 5.82. The van der Waals surface area contributed by atoms with Gasteiger partial charge in [0.05, 0.1) is 0 Å². The van der Waals surface area contributed by atoms with Gasteiger partial charge < -0.3 is 14.6 Å². The van der Waals surface area contributed by atoms with Gasteiger partial charge in [0, 0.05) is 17.0 Å². The van der Waals surface area contributed by atoms with Crippen LogP contribution in [0.4, 0.5) is 0 Å². The standard InChI is InChI=1S/C22H14O3/c23-19-10-14-11-22(25-21(14)12-20(19)24)18-7-3-6-16-15-5-2-1-4-13(15)8-9-17(16)18/h1-12,23-24H. The van der Waals surface area contributed by atoms with Crippen molar-refractivity contribution in [3.63, 3.8) is 0 Å². The molecule has 0 aliphatic carbocycles. The third-order valence-electron chi connectivity index (χ3n) is 4.67. The van der Waals surface area contributed by atoms with Gasteiger partial charge in [-0.25, -0.2) is 0 Å². The van der Waals surface area contributed by atoms with Gasteiger partial charge in [-0.05, 0) is 33.7 Å². The van der Waals surface area contributed by atoms with Gasteiger partial charge in [0.1, 0.15) is 11.3 Å². The fraction of sp³-hybridized carbons (Fsp3) is 0. The fourth-order valence-corrected chi connectivity index (χ4v) is 3.45. The Morgan fingerprint density at radius 1 is 0.600 bits per heavy atom. The first-order valence-corrected chi connectivity index (χ1v) is 8.07. The molecular formula is C22H14O3. The highest BCUT2D eigenvalue weighted by molar-refractivity contribution is 6.12. The van der Waals surface area contributed by atoms with Crippen molar-refractivity contribution in [3.05, 3.63) is 72.8 Å². The molecule has 0 saturated heterocycles. The molecule has 0 radical (unpaired) electrons. The van der Waals surface area contributed by atoms with E-state index in [4.69, 9.17) is 4.42 Å². The smallest absolute Gasteiger partial charge is 0.161 e. The van der Waals surface area contributed by atoms with Crippen LogP contribution in [-0.2, 0) is 0 Å². The van der Waals surface area contributed by atoms with Crippen LogP contribution in [0.3, 0.4) is 0 Å². The van der Waals surface area contributed by atoms with Gasteiger partial charge in [0.15, 0.2) is 11.5 Å². The summed E-state index contributed by atoms with van der Waals surface area (Å²) < 4.78 is 5.94. The number of rotatable bonds is 1. The van der Waals surface area contributed by atoms with E-state index in [1.54, 1.807) is 0 Å². The Bertz CT molecular complexity index is 1230. The molecule has 1 heterocycles. The van der Waals surface area contributed by atoms with E-state index in [-0.39, 0.29) is 11.5 Å². The summed E-state index contributed by atoms with van der Waals surface area (Å²) in [6.07, 6.45) is 0. The maximum absolute atomic E-state index is 9.70. The number of phenols is 2. The van der Waals surface area contributed by atoms with Gasteiger partial charge in [-0.15, -0.1) is 0 Å². The molecule has 1 aromatic heterocycles. The van der Waals surface area contributed by atoms with Crippen molar-refractivity contribution in [1.29, 1.82) is 0 Å². The second kappa shape index (κ2) is 5.02. The van der Waals surface area contributed by atoms with Crippen molar-refractivity contribution in [1.82, 2.24) is 0 Å². The van der Waals surface area contributed by atoms with E-state index in [0.717, 1.165) is 16.3 Å². The zero-order valence-corrected chi connectivity index (χ0v) is 13.2. The molecule has 3 nitrogen and oxygen atoms in total. The third-order valence-corrected chi connectivity index (χ3v) is 4.67. The number of hydrogen-bond donors (Lipinski definition) is 2. The summed E-state index contributed by atoms with van der Waals surface area (Å²) in [5.74, 6) is 0.377. The molecule has 120 valence electrons. The Kier molecular flexibility index (Phi) is 2.80. The maximum Gasteiger partial charge on any atom is 0.161 e. The van der Waals surface area contributed by atoms with Crippen LogP contribution in [0.15, 0.2) is 77.2 Å². The van der Waals surface area contributed by atoms with Crippen molar-refractivity contribution in [2.75, 3.05) is 0 Å². The molecule has 0 spiro atoms. The minimum atomic E-state index is -0.183. The number of phenolic OH excluding ortho intramolecular Hbond substituents is 2. The third kappa shape index (κ3) is 2.06. The van der Waals surface area contributed by atoms with Crippen molar-refractivity contribution >= 4 is 32.5 Å². The molecule has 0 bridgehead atoms. The van der Waals surface area contributed by atoms with E-state index < -0.39 is 0 Å². The highest BCUT2D eigenvalue weighted by Crippen LogP contribution is 2.38. The first-order chi connectivity index (χ1) is 12.2. The lowest BCUT2D eigenvalue weighted by molar-refractivity contribution is 0.404. The van der Waals surface area contributed by atoms with Crippen LogP contribution in [0.5, 0.6) is 11.5 Å². The largest absolute Gasteiger partial charge is 0.504 e. The van der Waals surface area contributed by atoms with Crippen LogP contribution < -0.4 is 0 Å². The van der Waals surface area contributed by atoms with E-state index in [2.05, 4.69) is 30.3 Å². The van der Waals surface area contributed by atoms with Crippen LogP contribution in [0.25, 0.3) is 43.8 Å². The highest BCUT2D eigenvalue weighted by Gasteiger charge is 2.13. The van der Waals surface area contributed by atoms with Crippen LogP contribution >= 0.6 is 0 Å². The molecule has 2 N–H and O–H groups in total. The molecule has 3 heteroatoms. The van der Waals surface area contributed by atoms with Crippen molar-refractivity contribution in [2.24, 2.45) is 0 Å². The van der Waals surface area contributed by atoms with Crippen LogP contribution in [0, 0.1) is 0 Å². The Balaban J connectivity index is 1.82. The van der Waals surface area contributed by atoms with E-state index in [0.29, 0.717) is 11.3 Å². The lowest BCUT2D eigenvalue weighted by Crippen LogP contribution is -1.81. The summed E-state index contributed by atoms with van der Waals surface area (Å²) in [6, 6.07) is 23.5. The predicted molar refractivity (Wildman–Crippen MR) is 100.0 cm³/mol. The lowest BCUT2D eigenvalue weighted by atomic mass is 9.97. The number of benzene rings is 4. The minimum Gasteiger partial charge on any atom is -0.504 e. The van der Waals surface area contributed by atoms with E-state index in [1.165, 1.54) is 28.3 Å². The molecule has 0 fully saturated rings. The number of furan rings is 1. The molecule has 25 heavy (non-hydrogen) atoms. The van der Waals surface area contributed by atoms with Crippen LogP contribution in [0.1, 0.15) is 0 Å². The summed E-state index contributed by atoms with van der Waals surface area (Å²) in [5, 5.41) is 24.8. The number of aromatic hydroxyl groups is 2. The van der Waals surface area contributed by atoms with Gasteiger partial charge in [0.2, 0.25) is 0 Å². The molecule has 0 amide bonds. The summed E-state index contributed by atoms with van der Waals surface area (Å²) >= 11 is 0. The molecule has 5 aromatic rings. The molecule has 0 atom stereocenters. The maximum atomic E-state index is 9.70. The summed E-state index contributed by atoms with van der Waals surface area (Å²) in [4.78, 5) is 0. The zero-order chi connectivity index (χ0) is 17.0. The summed E-state index contributed by atoms with van der Waals surface area (Å²) in [7, 11) is 0. The molecule has 0 saturated carbocycles. The molecule has 4 aromatic carbocycles. The van der Waals surface area contributed by atoms with E-state index in [9.17, 15) is 10.2 Å². The Hall–Kier alpha value is -3.46. The Labute approximate surface area is 143 Å². The van der Waals surface area contributed by atoms with E-state index >= 15 is 0 Å².